The molecular formula is C23H27NO4. The summed E-state index contributed by atoms with van der Waals surface area (Å²) in [5.41, 5.74) is 1.39. The summed E-state index contributed by atoms with van der Waals surface area (Å²) in [7, 11) is 0. The molecule has 1 heterocycles. The van der Waals surface area contributed by atoms with Gasteiger partial charge in [0.1, 0.15) is 17.7 Å². The highest BCUT2D eigenvalue weighted by Crippen LogP contribution is 2.44. The average molecular weight is 381 g/mol. The molecule has 0 aromatic heterocycles. The Bertz CT molecular complexity index is 774. The van der Waals surface area contributed by atoms with Crippen molar-refractivity contribution in [2.75, 3.05) is 6.61 Å². The van der Waals surface area contributed by atoms with E-state index in [1.54, 1.807) is 6.92 Å². The molecule has 5 heteroatoms. The lowest BCUT2D eigenvalue weighted by Gasteiger charge is -2.22. The molecule has 3 atom stereocenters. The van der Waals surface area contributed by atoms with Crippen molar-refractivity contribution >= 4 is 11.9 Å². The van der Waals surface area contributed by atoms with Crippen LogP contribution in [0.1, 0.15) is 44.9 Å². The number of hydrogen-bond donors (Lipinski definition) is 0. The van der Waals surface area contributed by atoms with Crippen LogP contribution in [0.15, 0.2) is 60.7 Å². The molecule has 148 valence electrons. The Labute approximate surface area is 166 Å². The van der Waals surface area contributed by atoms with Crippen LogP contribution in [0.4, 0.5) is 0 Å². The summed E-state index contributed by atoms with van der Waals surface area (Å²) in [6.07, 6.45) is 0. The molecular weight excluding hydrogens is 354 g/mol. The number of ether oxygens (including phenoxy) is 2. The predicted octanol–water partition coefficient (Wildman–Crippen LogP) is 3.73. The number of rotatable bonds is 6. The average Bonchev–Trinajstić information content (AvgIpc) is 3.38. The fraction of sp³-hybridized carbons (Fsp3) is 0.391. The van der Waals surface area contributed by atoms with Crippen molar-refractivity contribution in [1.29, 1.82) is 0 Å². The lowest BCUT2D eigenvalue weighted by atomic mass is 9.98. The van der Waals surface area contributed by atoms with E-state index in [1.807, 2.05) is 86.3 Å². The first-order valence-corrected chi connectivity index (χ1v) is 9.60. The third-order valence-corrected chi connectivity index (χ3v) is 4.56. The highest BCUT2D eigenvalue weighted by Gasteiger charge is 2.62. The van der Waals surface area contributed by atoms with Crippen LogP contribution in [-0.4, -0.2) is 41.1 Å². The summed E-state index contributed by atoms with van der Waals surface area (Å²) >= 11 is 0. The van der Waals surface area contributed by atoms with Crippen LogP contribution in [-0.2, 0) is 19.1 Å². The van der Waals surface area contributed by atoms with Gasteiger partial charge >= 0.3 is 11.9 Å². The molecule has 2 aromatic carbocycles. The van der Waals surface area contributed by atoms with Crippen molar-refractivity contribution in [2.24, 2.45) is 0 Å². The summed E-state index contributed by atoms with van der Waals surface area (Å²) in [6.45, 7) is 7.50. The Hall–Kier alpha value is -2.66. The highest BCUT2D eigenvalue weighted by atomic mass is 16.6. The smallest absolute Gasteiger partial charge is 0.326 e. The molecule has 1 aliphatic heterocycles. The fourth-order valence-corrected chi connectivity index (χ4v) is 3.47. The highest BCUT2D eigenvalue weighted by molar-refractivity contribution is 5.93. The molecule has 3 rings (SSSR count). The van der Waals surface area contributed by atoms with Gasteiger partial charge in [0.25, 0.3) is 0 Å². The van der Waals surface area contributed by atoms with Crippen LogP contribution < -0.4 is 0 Å². The van der Waals surface area contributed by atoms with E-state index in [4.69, 9.17) is 9.47 Å². The standard InChI is InChI=1S/C23H27NO4/c1-5-27-21(25)19-20(22(26)28-23(2,3)4)24(19)18(16-12-8-6-9-13-16)17-14-10-7-11-15-17/h6-15,18-20H,5H2,1-4H3/t19-,20+,24?/m0/s1. The molecule has 0 radical (unpaired) electrons. The van der Waals surface area contributed by atoms with Gasteiger partial charge < -0.3 is 9.47 Å². The maximum Gasteiger partial charge on any atom is 0.326 e. The summed E-state index contributed by atoms with van der Waals surface area (Å²) < 4.78 is 10.8. The van der Waals surface area contributed by atoms with Crippen LogP contribution in [0, 0.1) is 0 Å². The molecule has 28 heavy (non-hydrogen) atoms. The predicted molar refractivity (Wildman–Crippen MR) is 107 cm³/mol. The van der Waals surface area contributed by atoms with Crippen LogP contribution in [0.2, 0.25) is 0 Å². The van der Waals surface area contributed by atoms with Crippen molar-refractivity contribution in [2.45, 2.75) is 51.4 Å². The topological polar surface area (TPSA) is 55.6 Å². The minimum Gasteiger partial charge on any atom is -0.465 e. The van der Waals surface area contributed by atoms with E-state index < -0.39 is 29.6 Å². The summed E-state index contributed by atoms with van der Waals surface area (Å²) in [6, 6.07) is 18.2. The minimum absolute atomic E-state index is 0.241. The number of carbonyl (C=O) groups is 2. The van der Waals surface area contributed by atoms with Gasteiger partial charge in [-0.1, -0.05) is 60.7 Å². The normalized spacial score (nSPS) is 21.2. The molecule has 0 amide bonds. The van der Waals surface area contributed by atoms with Crippen LogP contribution in [0.25, 0.3) is 0 Å². The third kappa shape index (κ3) is 4.42. The first kappa shape index (κ1) is 20.1. The first-order valence-electron chi connectivity index (χ1n) is 9.60. The van der Waals surface area contributed by atoms with Crippen LogP contribution >= 0.6 is 0 Å². The van der Waals surface area contributed by atoms with Gasteiger partial charge in [0, 0.05) is 0 Å². The maximum absolute atomic E-state index is 12.8. The second-order valence-electron chi connectivity index (χ2n) is 7.85. The molecule has 5 nitrogen and oxygen atoms in total. The zero-order valence-corrected chi connectivity index (χ0v) is 16.8. The van der Waals surface area contributed by atoms with E-state index in [0.29, 0.717) is 0 Å². The van der Waals surface area contributed by atoms with E-state index in [1.165, 1.54) is 0 Å². The Morgan fingerprint density at radius 3 is 1.79 bits per heavy atom. The molecule has 0 saturated carbocycles. The molecule has 1 fully saturated rings. The molecule has 0 spiro atoms. The maximum atomic E-state index is 12.8. The third-order valence-electron chi connectivity index (χ3n) is 4.56. The first-order chi connectivity index (χ1) is 13.3. The van der Waals surface area contributed by atoms with Gasteiger partial charge in [-0.15, -0.1) is 0 Å². The van der Waals surface area contributed by atoms with Gasteiger partial charge in [-0.2, -0.15) is 0 Å². The van der Waals surface area contributed by atoms with E-state index in [2.05, 4.69) is 0 Å². The second-order valence-corrected chi connectivity index (χ2v) is 7.85. The zero-order valence-electron chi connectivity index (χ0n) is 16.8. The van der Waals surface area contributed by atoms with Gasteiger partial charge in [0.15, 0.2) is 0 Å². The van der Waals surface area contributed by atoms with Crippen molar-refractivity contribution in [3.63, 3.8) is 0 Å². The lowest BCUT2D eigenvalue weighted by molar-refractivity contribution is -0.156. The van der Waals surface area contributed by atoms with Crippen LogP contribution in [0.3, 0.4) is 0 Å². The Kier molecular flexibility index (Phi) is 5.84. The fourth-order valence-electron chi connectivity index (χ4n) is 3.47. The van der Waals surface area contributed by atoms with Crippen LogP contribution in [0.5, 0.6) is 0 Å². The van der Waals surface area contributed by atoms with Gasteiger partial charge in [0.2, 0.25) is 0 Å². The van der Waals surface area contributed by atoms with Crippen molar-refractivity contribution in [3.8, 4) is 0 Å². The molecule has 1 aliphatic rings. The van der Waals surface area contributed by atoms with E-state index >= 15 is 0 Å². The second kappa shape index (κ2) is 8.15. The number of esters is 2. The molecule has 2 aromatic rings. The number of hydrogen-bond acceptors (Lipinski definition) is 5. The molecule has 1 saturated heterocycles. The minimum atomic E-state index is -0.663. The van der Waals surface area contributed by atoms with Gasteiger partial charge in [-0.25, -0.2) is 0 Å². The summed E-state index contributed by atoms with van der Waals surface area (Å²) in [4.78, 5) is 27.3. The summed E-state index contributed by atoms with van der Waals surface area (Å²) in [5.74, 6) is -0.794. The largest absolute Gasteiger partial charge is 0.465 e. The van der Waals surface area contributed by atoms with E-state index in [-0.39, 0.29) is 12.6 Å². The van der Waals surface area contributed by atoms with Gasteiger partial charge in [0.05, 0.1) is 12.6 Å². The number of nitrogens with zero attached hydrogens (tertiary/aromatic N) is 1. The van der Waals surface area contributed by atoms with E-state index in [0.717, 1.165) is 11.1 Å². The quantitative estimate of drug-likeness (QED) is 0.564. The number of carbonyl (C=O) groups excluding carboxylic acids is 2. The number of benzene rings is 2. The Morgan fingerprint density at radius 1 is 0.893 bits per heavy atom. The summed E-state index contributed by atoms with van der Waals surface area (Å²) in [5, 5.41) is 0. The van der Waals surface area contributed by atoms with Gasteiger partial charge in [-0.05, 0) is 38.8 Å². The van der Waals surface area contributed by atoms with Crippen molar-refractivity contribution < 1.29 is 19.1 Å². The lowest BCUT2D eigenvalue weighted by Crippen LogP contribution is -2.29. The molecule has 1 unspecified atom stereocenters. The monoisotopic (exact) mass is 381 g/mol. The van der Waals surface area contributed by atoms with Gasteiger partial charge in [-0.3, -0.25) is 14.5 Å². The van der Waals surface area contributed by atoms with Crippen molar-refractivity contribution in [3.05, 3.63) is 71.8 Å². The molecule has 0 aliphatic carbocycles. The van der Waals surface area contributed by atoms with Crippen molar-refractivity contribution in [1.82, 2.24) is 4.90 Å². The van der Waals surface area contributed by atoms with E-state index in [9.17, 15) is 9.59 Å². The molecule has 0 bridgehead atoms. The zero-order chi connectivity index (χ0) is 20.3. The Balaban J connectivity index is 1.98. The SMILES string of the molecule is CCOC(=O)[C@@H]1[C@H](C(=O)OC(C)(C)C)N1C(c1ccccc1)c1ccccc1. The molecule has 0 N–H and O–H groups in total. The Morgan fingerprint density at radius 2 is 1.36 bits per heavy atom.